The van der Waals surface area contributed by atoms with Crippen LogP contribution in [0.5, 0.6) is 17.2 Å². The first-order chi connectivity index (χ1) is 11.2. The molecule has 118 valence electrons. The average Bonchev–Trinajstić information content (AvgIpc) is 3.07. The number of fused-ring (bicyclic) bond motifs is 1. The van der Waals surface area contributed by atoms with Crippen LogP contribution in [0.25, 0.3) is 0 Å². The minimum absolute atomic E-state index is 0.0852. The fourth-order valence-electron chi connectivity index (χ4n) is 2.38. The van der Waals surface area contributed by atoms with E-state index in [1.165, 1.54) is 0 Å². The van der Waals surface area contributed by atoms with Crippen molar-refractivity contribution in [3.8, 4) is 17.2 Å². The molecule has 0 atom stereocenters. The minimum atomic E-state index is -0.0976. The summed E-state index contributed by atoms with van der Waals surface area (Å²) in [6.45, 7) is 0.168. The second kappa shape index (κ2) is 6.52. The molecule has 0 unspecified atom stereocenters. The fourth-order valence-corrected chi connectivity index (χ4v) is 2.38. The van der Waals surface area contributed by atoms with Crippen LogP contribution in [0, 0.1) is 0 Å². The number of hydrogen-bond acceptors (Lipinski definition) is 5. The van der Waals surface area contributed by atoms with Crippen LogP contribution in [0.4, 0.5) is 0 Å². The van der Waals surface area contributed by atoms with Crippen LogP contribution in [0.2, 0.25) is 0 Å². The fraction of sp³-hybridized carbons (Fsp3) is 0.222. The predicted octanol–water partition coefficient (Wildman–Crippen LogP) is 3.27. The van der Waals surface area contributed by atoms with Gasteiger partial charge in [0.1, 0.15) is 5.75 Å². The summed E-state index contributed by atoms with van der Waals surface area (Å²) in [5, 5.41) is 0. The van der Waals surface area contributed by atoms with Crippen molar-refractivity contribution in [1.82, 2.24) is 0 Å². The van der Waals surface area contributed by atoms with E-state index in [4.69, 9.17) is 14.2 Å². The molecule has 0 saturated carbocycles. The monoisotopic (exact) mass is 312 g/mol. The van der Waals surface area contributed by atoms with E-state index in [1.54, 1.807) is 49.6 Å². The highest BCUT2D eigenvalue weighted by atomic mass is 16.7. The Morgan fingerprint density at radius 2 is 1.65 bits per heavy atom. The van der Waals surface area contributed by atoms with Gasteiger partial charge in [0.15, 0.2) is 23.1 Å². The molecule has 1 heterocycles. The molecular formula is C18H16O5. The first-order valence-electron chi connectivity index (χ1n) is 7.27. The number of hydrogen-bond donors (Lipinski definition) is 0. The molecule has 0 aromatic heterocycles. The summed E-state index contributed by atoms with van der Waals surface area (Å²) in [6, 6.07) is 12.0. The number of ether oxygens (including phenoxy) is 3. The van der Waals surface area contributed by atoms with Gasteiger partial charge in [-0.1, -0.05) is 12.1 Å². The van der Waals surface area contributed by atoms with Crippen molar-refractivity contribution in [2.45, 2.75) is 12.8 Å². The van der Waals surface area contributed by atoms with Crippen LogP contribution < -0.4 is 14.2 Å². The molecule has 23 heavy (non-hydrogen) atoms. The predicted molar refractivity (Wildman–Crippen MR) is 83.5 cm³/mol. The van der Waals surface area contributed by atoms with Gasteiger partial charge in [0, 0.05) is 24.0 Å². The third kappa shape index (κ3) is 3.34. The molecule has 2 aromatic rings. The SMILES string of the molecule is COc1cccc(C(=O)CCC(=O)c2ccc3c(c2)OCO3)c1. The van der Waals surface area contributed by atoms with E-state index in [0.29, 0.717) is 28.4 Å². The summed E-state index contributed by atoms with van der Waals surface area (Å²) in [5.41, 5.74) is 1.07. The van der Waals surface area contributed by atoms with Gasteiger partial charge in [-0.3, -0.25) is 9.59 Å². The standard InChI is InChI=1S/C18H16O5/c1-21-14-4-2-3-12(9-14)15(19)6-7-16(20)13-5-8-17-18(10-13)23-11-22-17/h2-5,8-10H,6-7,11H2,1H3. The molecule has 0 radical (unpaired) electrons. The van der Waals surface area contributed by atoms with Crippen molar-refractivity contribution >= 4 is 11.6 Å². The van der Waals surface area contributed by atoms with E-state index in [2.05, 4.69) is 0 Å². The van der Waals surface area contributed by atoms with E-state index in [9.17, 15) is 9.59 Å². The summed E-state index contributed by atoms with van der Waals surface area (Å²) >= 11 is 0. The maximum absolute atomic E-state index is 12.2. The van der Waals surface area contributed by atoms with Crippen molar-refractivity contribution in [2.75, 3.05) is 13.9 Å². The van der Waals surface area contributed by atoms with E-state index < -0.39 is 0 Å². The van der Waals surface area contributed by atoms with Crippen molar-refractivity contribution in [2.24, 2.45) is 0 Å². The van der Waals surface area contributed by atoms with Gasteiger partial charge >= 0.3 is 0 Å². The zero-order chi connectivity index (χ0) is 16.2. The Hall–Kier alpha value is -2.82. The number of Topliss-reactive ketones (excluding diaryl/α,β-unsaturated/α-hetero) is 2. The molecule has 0 fully saturated rings. The summed E-state index contributed by atoms with van der Waals surface area (Å²) in [7, 11) is 1.55. The lowest BCUT2D eigenvalue weighted by Gasteiger charge is -2.05. The molecule has 5 nitrogen and oxygen atoms in total. The smallest absolute Gasteiger partial charge is 0.231 e. The lowest BCUT2D eigenvalue weighted by molar-refractivity contribution is 0.0917. The topological polar surface area (TPSA) is 61.8 Å². The third-order valence-corrected chi connectivity index (χ3v) is 3.67. The van der Waals surface area contributed by atoms with Gasteiger partial charge in [-0.05, 0) is 30.3 Å². The first-order valence-corrected chi connectivity index (χ1v) is 7.27. The molecule has 0 aliphatic carbocycles. The third-order valence-electron chi connectivity index (χ3n) is 3.67. The molecule has 1 aliphatic rings. The summed E-state index contributed by atoms with van der Waals surface area (Å²) in [6.07, 6.45) is 0.302. The number of methoxy groups -OCH3 is 1. The Labute approximate surface area is 133 Å². The highest BCUT2D eigenvalue weighted by Crippen LogP contribution is 2.32. The van der Waals surface area contributed by atoms with Gasteiger partial charge in [0.25, 0.3) is 0 Å². The molecule has 2 aromatic carbocycles. The van der Waals surface area contributed by atoms with Gasteiger partial charge in [0.05, 0.1) is 7.11 Å². The van der Waals surface area contributed by atoms with Gasteiger partial charge in [-0.25, -0.2) is 0 Å². The average molecular weight is 312 g/mol. The van der Waals surface area contributed by atoms with Gasteiger partial charge in [-0.15, -0.1) is 0 Å². The van der Waals surface area contributed by atoms with Crippen LogP contribution >= 0.6 is 0 Å². The largest absolute Gasteiger partial charge is 0.497 e. The molecule has 0 N–H and O–H groups in total. The quantitative estimate of drug-likeness (QED) is 0.766. The Morgan fingerprint density at radius 3 is 2.39 bits per heavy atom. The van der Waals surface area contributed by atoms with E-state index in [0.717, 1.165) is 0 Å². The summed E-state index contributed by atoms with van der Waals surface area (Å²) in [4.78, 5) is 24.4. The van der Waals surface area contributed by atoms with Gasteiger partial charge in [0.2, 0.25) is 6.79 Å². The Kier molecular flexibility index (Phi) is 4.28. The van der Waals surface area contributed by atoms with Crippen molar-refractivity contribution in [3.05, 3.63) is 53.6 Å². The van der Waals surface area contributed by atoms with Crippen LogP contribution in [-0.2, 0) is 0 Å². The first kappa shape index (κ1) is 15.1. The molecule has 1 aliphatic heterocycles. The highest BCUT2D eigenvalue weighted by molar-refractivity contribution is 6.02. The second-order valence-electron chi connectivity index (χ2n) is 5.15. The Bertz CT molecular complexity index is 751. The summed E-state index contributed by atoms with van der Waals surface area (Å²) in [5.74, 6) is 1.64. The van der Waals surface area contributed by atoms with Gasteiger partial charge < -0.3 is 14.2 Å². The molecule has 3 rings (SSSR count). The van der Waals surface area contributed by atoms with Crippen LogP contribution in [0.15, 0.2) is 42.5 Å². The maximum atomic E-state index is 12.2. The number of rotatable bonds is 6. The minimum Gasteiger partial charge on any atom is -0.497 e. The van der Waals surface area contributed by atoms with E-state index in [-0.39, 0.29) is 31.2 Å². The highest BCUT2D eigenvalue weighted by Gasteiger charge is 2.17. The second-order valence-corrected chi connectivity index (χ2v) is 5.15. The van der Waals surface area contributed by atoms with Gasteiger partial charge in [-0.2, -0.15) is 0 Å². The number of carbonyl (C=O) groups is 2. The zero-order valence-electron chi connectivity index (χ0n) is 12.7. The maximum Gasteiger partial charge on any atom is 0.231 e. The van der Waals surface area contributed by atoms with E-state index >= 15 is 0 Å². The number of benzene rings is 2. The van der Waals surface area contributed by atoms with Crippen molar-refractivity contribution < 1.29 is 23.8 Å². The Morgan fingerprint density at radius 1 is 0.957 bits per heavy atom. The summed E-state index contributed by atoms with van der Waals surface area (Å²) < 4.78 is 15.6. The molecule has 0 amide bonds. The number of carbonyl (C=O) groups excluding carboxylic acids is 2. The van der Waals surface area contributed by atoms with Crippen LogP contribution in [0.3, 0.4) is 0 Å². The molecular weight excluding hydrogens is 296 g/mol. The van der Waals surface area contributed by atoms with Crippen molar-refractivity contribution in [1.29, 1.82) is 0 Å². The van der Waals surface area contributed by atoms with E-state index in [1.807, 2.05) is 0 Å². The normalized spacial score (nSPS) is 12.0. The molecule has 0 saturated heterocycles. The van der Waals surface area contributed by atoms with Crippen LogP contribution in [-0.4, -0.2) is 25.5 Å². The Balaban J connectivity index is 1.63. The van der Waals surface area contributed by atoms with Crippen molar-refractivity contribution in [3.63, 3.8) is 0 Å². The lowest BCUT2D eigenvalue weighted by atomic mass is 10.0. The lowest BCUT2D eigenvalue weighted by Crippen LogP contribution is -2.05. The zero-order valence-corrected chi connectivity index (χ0v) is 12.7. The molecule has 0 spiro atoms. The number of ketones is 2. The van der Waals surface area contributed by atoms with Crippen LogP contribution in [0.1, 0.15) is 33.6 Å². The molecule has 5 heteroatoms. The molecule has 0 bridgehead atoms.